The first kappa shape index (κ1) is 17.0. The summed E-state index contributed by atoms with van der Waals surface area (Å²) >= 11 is 0. The van der Waals surface area contributed by atoms with E-state index in [2.05, 4.69) is 20.6 Å². The Hall–Kier alpha value is -2.83. The maximum Gasteiger partial charge on any atom is 0.319 e. The molecule has 2 amide bonds. The minimum atomic E-state index is -0.194. The van der Waals surface area contributed by atoms with E-state index < -0.39 is 0 Å². The molecule has 1 fully saturated rings. The van der Waals surface area contributed by atoms with E-state index in [0.717, 1.165) is 37.1 Å². The predicted molar refractivity (Wildman–Crippen MR) is 93.9 cm³/mol. The number of hydrogen-bond donors (Lipinski definition) is 2. The number of aromatic nitrogens is 2. The minimum Gasteiger partial charge on any atom is -0.497 e. The fraction of sp³-hybridized carbons (Fsp3) is 0.389. The van der Waals surface area contributed by atoms with Crippen LogP contribution in [-0.2, 0) is 0 Å². The Balaban J connectivity index is 1.41. The molecule has 132 valence electrons. The smallest absolute Gasteiger partial charge is 0.319 e. The van der Waals surface area contributed by atoms with Crippen molar-refractivity contribution in [2.24, 2.45) is 0 Å². The summed E-state index contributed by atoms with van der Waals surface area (Å²) in [5, 5.41) is 5.85. The van der Waals surface area contributed by atoms with Crippen molar-refractivity contribution < 1.29 is 14.3 Å². The first-order valence-electron chi connectivity index (χ1n) is 8.38. The predicted octanol–water partition coefficient (Wildman–Crippen LogP) is 3.00. The molecule has 7 nitrogen and oxygen atoms in total. The second kappa shape index (κ2) is 8.32. The number of benzene rings is 1. The lowest BCUT2D eigenvalue weighted by Crippen LogP contribution is -2.41. The number of urea groups is 1. The second-order valence-corrected chi connectivity index (χ2v) is 5.95. The number of amides is 2. The molecule has 0 spiro atoms. The third-order valence-corrected chi connectivity index (χ3v) is 4.17. The Morgan fingerprint density at radius 3 is 2.40 bits per heavy atom. The quantitative estimate of drug-likeness (QED) is 0.872. The van der Waals surface area contributed by atoms with Crippen molar-refractivity contribution in [2.75, 3.05) is 12.4 Å². The van der Waals surface area contributed by atoms with E-state index in [9.17, 15) is 4.79 Å². The molecule has 0 unspecified atom stereocenters. The SMILES string of the molecule is COc1ccc(NC(=O)NC2CCC(Oc3ncccn3)CC2)cc1. The van der Waals surface area contributed by atoms with Gasteiger partial charge in [-0.1, -0.05) is 0 Å². The van der Waals surface area contributed by atoms with Crippen LogP contribution in [0.15, 0.2) is 42.7 Å². The van der Waals surface area contributed by atoms with E-state index in [0.29, 0.717) is 6.01 Å². The summed E-state index contributed by atoms with van der Waals surface area (Å²) in [4.78, 5) is 20.3. The molecule has 1 heterocycles. The van der Waals surface area contributed by atoms with Gasteiger partial charge in [-0.3, -0.25) is 0 Å². The van der Waals surface area contributed by atoms with Gasteiger partial charge in [0.1, 0.15) is 11.9 Å². The van der Waals surface area contributed by atoms with Crippen LogP contribution in [0.5, 0.6) is 11.8 Å². The highest BCUT2D eigenvalue weighted by Gasteiger charge is 2.24. The van der Waals surface area contributed by atoms with Gasteiger partial charge in [0.15, 0.2) is 0 Å². The van der Waals surface area contributed by atoms with Crippen LogP contribution < -0.4 is 20.1 Å². The summed E-state index contributed by atoms with van der Waals surface area (Å²) in [6.45, 7) is 0. The van der Waals surface area contributed by atoms with Crippen LogP contribution in [0.2, 0.25) is 0 Å². The molecule has 0 atom stereocenters. The lowest BCUT2D eigenvalue weighted by molar-refractivity contribution is 0.129. The molecule has 0 bridgehead atoms. The number of carbonyl (C=O) groups excluding carboxylic acids is 1. The number of ether oxygens (including phenoxy) is 2. The fourth-order valence-corrected chi connectivity index (χ4v) is 2.85. The van der Waals surface area contributed by atoms with Gasteiger partial charge in [-0.2, -0.15) is 0 Å². The Morgan fingerprint density at radius 1 is 1.08 bits per heavy atom. The van der Waals surface area contributed by atoms with E-state index in [1.165, 1.54) is 0 Å². The van der Waals surface area contributed by atoms with Crippen LogP contribution in [0.4, 0.5) is 10.5 Å². The Labute approximate surface area is 146 Å². The topological polar surface area (TPSA) is 85.4 Å². The van der Waals surface area contributed by atoms with Crippen LogP contribution in [0.1, 0.15) is 25.7 Å². The zero-order chi connectivity index (χ0) is 17.5. The van der Waals surface area contributed by atoms with E-state index in [1.54, 1.807) is 25.6 Å². The Kier molecular flexibility index (Phi) is 5.66. The average Bonchev–Trinajstić information content (AvgIpc) is 2.65. The highest BCUT2D eigenvalue weighted by atomic mass is 16.5. The lowest BCUT2D eigenvalue weighted by Gasteiger charge is -2.28. The zero-order valence-electron chi connectivity index (χ0n) is 14.1. The van der Waals surface area contributed by atoms with Crippen LogP contribution in [-0.4, -0.2) is 35.3 Å². The molecular formula is C18H22N4O3. The maximum absolute atomic E-state index is 12.1. The van der Waals surface area contributed by atoms with Gasteiger partial charge in [-0.15, -0.1) is 0 Å². The summed E-state index contributed by atoms with van der Waals surface area (Å²) < 4.78 is 10.9. The number of carbonyl (C=O) groups is 1. The standard InChI is InChI=1S/C18H22N4O3/c1-24-15-7-3-13(4-8-15)21-17(23)22-14-5-9-16(10-6-14)25-18-19-11-2-12-20-18/h2-4,7-8,11-12,14,16H,5-6,9-10H2,1H3,(H2,21,22,23). The first-order valence-corrected chi connectivity index (χ1v) is 8.38. The fourth-order valence-electron chi connectivity index (χ4n) is 2.85. The lowest BCUT2D eigenvalue weighted by atomic mass is 9.93. The van der Waals surface area contributed by atoms with Crippen LogP contribution >= 0.6 is 0 Å². The molecule has 0 saturated heterocycles. The number of nitrogens with zero attached hydrogens (tertiary/aromatic N) is 2. The van der Waals surface area contributed by atoms with Crippen molar-refractivity contribution in [2.45, 2.75) is 37.8 Å². The molecule has 1 aromatic heterocycles. The molecule has 0 aliphatic heterocycles. The third-order valence-electron chi connectivity index (χ3n) is 4.17. The van der Waals surface area contributed by atoms with Crippen LogP contribution in [0, 0.1) is 0 Å². The van der Waals surface area contributed by atoms with E-state index >= 15 is 0 Å². The molecule has 1 aliphatic carbocycles. The van der Waals surface area contributed by atoms with Gasteiger partial charge in [-0.25, -0.2) is 14.8 Å². The number of methoxy groups -OCH3 is 1. The third kappa shape index (κ3) is 5.07. The Bertz CT molecular complexity index is 670. The highest BCUT2D eigenvalue weighted by Crippen LogP contribution is 2.22. The number of nitrogens with one attached hydrogen (secondary N) is 2. The van der Waals surface area contributed by atoms with Crippen molar-refractivity contribution in [1.82, 2.24) is 15.3 Å². The Morgan fingerprint density at radius 2 is 1.76 bits per heavy atom. The van der Waals surface area contributed by atoms with Gasteiger partial charge < -0.3 is 20.1 Å². The van der Waals surface area contributed by atoms with Crippen molar-refractivity contribution in [3.8, 4) is 11.8 Å². The van der Waals surface area contributed by atoms with Crippen molar-refractivity contribution in [1.29, 1.82) is 0 Å². The highest BCUT2D eigenvalue weighted by molar-refractivity contribution is 5.89. The maximum atomic E-state index is 12.1. The van der Waals surface area contributed by atoms with Gasteiger partial charge in [-0.05, 0) is 56.0 Å². The van der Waals surface area contributed by atoms with Crippen LogP contribution in [0.25, 0.3) is 0 Å². The molecule has 3 rings (SSSR count). The average molecular weight is 342 g/mol. The first-order chi connectivity index (χ1) is 12.2. The summed E-state index contributed by atoms with van der Waals surface area (Å²) in [6, 6.07) is 9.36. The number of rotatable bonds is 5. The normalized spacial score (nSPS) is 19.7. The summed E-state index contributed by atoms with van der Waals surface area (Å²) in [5.74, 6) is 0.756. The van der Waals surface area contributed by atoms with Crippen molar-refractivity contribution in [3.63, 3.8) is 0 Å². The van der Waals surface area contributed by atoms with Gasteiger partial charge in [0.25, 0.3) is 0 Å². The molecule has 0 radical (unpaired) electrons. The van der Waals surface area contributed by atoms with Crippen LogP contribution in [0.3, 0.4) is 0 Å². The largest absolute Gasteiger partial charge is 0.497 e. The van der Waals surface area contributed by atoms with Gasteiger partial charge in [0.2, 0.25) is 0 Å². The molecule has 7 heteroatoms. The molecule has 1 aromatic carbocycles. The van der Waals surface area contributed by atoms with Gasteiger partial charge in [0, 0.05) is 24.1 Å². The van der Waals surface area contributed by atoms with Gasteiger partial charge in [0.05, 0.1) is 7.11 Å². The second-order valence-electron chi connectivity index (χ2n) is 5.95. The summed E-state index contributed by atoms with van der Waals surface area (Å²) in [5.41, 5.74) is 0.733. The van der Waals surface area contributed by atoms with Crippen molar-refractivity contribution >= 4 is 11.7 Å². The molecule has 1 saturated carbocycles. The summed E-state index contributed by atoms with van der Waals surface area (Å²) in [6.07, 6.45) is 6.90. The van der Waals surface area contributed by atoms with Gasteiger partial charge >= 0.3 is 12.0 Å². The molecular weight excluding hydrogens is 320 g/mol. The monoisotopic (exact) mass is 342 g/mol. The molecule has 25 heavy (non-hydrogen) atoms. The molecule has 1 aliphatic rings. The van der Waals surface area contributed by atoms with E-state index in [1.807, 2.05) is 24.3 Å². The minimum absolute atomic E-state index is 0.102. The zero-order valence-corrected chi connectivity index (χ0v) is 14.1. The van der Waals surface area contributed by atoms with E-state index in [4.69, 9.17) is 9.47 Å². The van der Waals surface area contributed by atoms with E-state index in [-0.39, 0.29) is 18.2 Å². The number of hydrogen-bond acceptors (Lipinski definition) is 5. The molecule has 2 N–H and O–H groups in total. The molecule has 2 aromatic rings. The van der Waals surface area contributed by atoms with Crippen molar-refractivity contribution in [3.05, 3.63) is 42.7 Å². The summed E-state index contributed by atoms with van der Waals surface area (Å²) in [7, 11) is 1.61. The number of anilines is 1.